The molecule has 1 saturated heterocycles. The first-order valence-corrected chi connectivity index (χ1v) is 40.7. The zero-order chi connectivity index (χ0) is 109. The topological polar surface area (TPSA) is 431 Å². The summed E-state index contributed by atoms with van der Waals surface area (Å²) >= 11 is 27.1. The summed E-state index contributed by atoms with van der Waals surface area (Å²) in [6.45, 7) is 11.0. The van der Waals surface area contributed by atoms with Gasteiger partial charge >= 0.3 is 72.2 Å². The van der Waals surface area contributed by atoms with Gasteiger partial charge in [-0.25, -0.2) is 93.3 Å². The highest BCUT2D eigenvalue weighted by atomic mass is 79.9. The second-order valence-electron chi connectivity index (χ2n) is 28.5. The van der Waals surface area contributed by atoms with Crippen molar-refractivity contribution in [1.29, 1.82) is 11.1 Å². The lowest BCUT2D eigenvalue weighted by molar-refractivity contribution is -0.237. The first-order valence-electron chi connectivity index (χ1n) is 38.0. The summed E-state index contributed by atoms with van der Waals surface area (Å²) in [7, 11) is -0.0700. The number of esters is 2. The standard InChI is InChI=1S/C15H11F6N5O2.C14H18BF4NO3.C14H8ClF6N5O.C12H8ClF4N3O.C12H11F4N5O.C4H2BrClN2.C4Cl2F4O3.5CH4.H2N2.H2/c1-7(14(17,18)19)28-12-9(16)3-8(4-23-12)10-6-26-11(5-22-10)24-25-13(26)15(20,21)27-2;1-8(14(17,18)19)21-11-10(16)6-9(7-20-11)15-22-12(2,3)13(4,5)23-15;1-6(14(19,20)21)27-11-8(16)2-7(3-23-11)9-5-26-10(4-22-9)24-25-12(26)13(15,17)18;1-6(12(15,16)17)21-11-8(14)2-7(3-20-11)9-4-19-10(13)5-18-9;1-6(12(14,15)16)22-11-8(13)2-7(3-20-11)9-4-19-10(21-17)5-18-9;5-3-1-8-4(6)2-7-3;5-3(7,8)1(11)13-2(12)4(6,9)10;;;;;;1-2;/h3-7H,1-2H3;6-8H,1-5H3;2-6H,1H3;2-6H,1H3;2-6H,17H2,1H3,(H,19,21);1-2H;;5*1H4;1-2H;1H/t7-;8-;3*6-;;;;;;;;;/m00000........./s1. The van der Waals surface area contributed by atoms with Crippen molar-refractivity contribution in [2.75, 3.05) is 12.5 Å². The van der Waals surface area contributed by atoms with Gasteiger partial charge in [-0.2, -0.15) is 101 Å². The van der Waals surface area contributed by atoms with Crippen LogP contribution in [0.5, 0.6) is 29.4 Å². The first-order chi connectivity index (χ1) is 66.2. The molecule has 0 radical (unpaired) electrons. The zero-order valence-corrected chi connectivity index (χ0v) is 78.3. The van der Waals surface area contributed by atoms with Gasteiger partial charge in [0.15, 0.2) is 76.7 Å². The number of aromatic nitrogens is 19. The molecule has 1 aliphatic rings. The third-order valence-corrected chi connectivity index (χ3v) is 18.8. The third-order valence-electron chi connectivity index (χ3n) is 17.5. The summed E-state index contributed by atoms with van der Waals surface area (Å²) in [6.07, 6.45) is -20.0. The van der Waals surface area contributed by atoms with Gasteiger partial charge in [0.1, 0.15) is 14.9 Å². The van der Waals surface area contributed by atoms with E-state index in [0.29, 0.717) is 29.4 Å². The number of alkyl halides is 26. The van der Waals surface area contributed by atoms with Gasteiger partial charge in [0.25, 0.3) is 29.4 Å². The largest absolute Gasteiger partial charge is 0.496 e. The number of rotatable bonds is 21. The Labute approximate surface area is 859 Å². The molecule has 0 spiro atoms. The van der Waals surface area contributed by atoms with Gasteiger partial charge in [-0.3, -0.25) is 28.7 Å². The fourth-order valence-corrected chi connectivity index (χ4v) is 9.91. The Balaban J connectivity index is 0.00000175. The lowest BCUT2D eigenvalue weighted by Crippen LogP contribution is -2.41. The quantitative estimate of drug-likeness (QED) is 0.00758. The summed E-state index contributed by atoms with van der Waals surface area (Å²) in [5.41, 5.74) is 12.2. The summed E-state index contributed by atoms with van der Waals surface area (Å²) in [4.78, 5) is 68.6. The van der Waals surface area contributed by atoms with Crippen LogP contribution in [-0.2, 0) is 39.9 Å². The molecule has 12 aromatic rings. The van der Waals surface area contributed by atoms with Crippen LogP contribution >= 0.6 is 73.9 Å². The van der Waals surface area contributed by atoms with E-state index in [4.69, 9.17) is 61.0 Å². The molecule has 0 saturated carbocycles. The fraction of sp³-hybridized carbons (Fsp3) is 0.388. The van der Waals surface area contributed by atoms with Crippen molar-refractivity contribution in [3.05, 3.63) is 179 Å². The average molecular weight is 2340 g/mol. The summed E-state index contributed by atoms with van der Waals surface area (Å²) in [6, 6.07) is 4.56. The van der Waals surface area contributed by atoms with Crippen LogP contribution in [0.3, 0.4) is 0 Å². The van der Waals surface area contributed by atoms with Crippen LogP contribution in [0.2, 0.25) is 10.3 Å². The van der Waals surface area contributed by atoms with E-state index in [0.717, 1.165) is 117 Å². The summed E-state index contributed by atoms with van der Waals surface area (Å²) in [5, 5.41) is 1.28. The van der Waals surface area contributed by atoms with Gasteiger partial charge in [-0.1, -0.05) is 60.3 Å². The number of methoxy groups -OCH3 is 1. The predicted molar refractivity (Wildman–Crippen MR) is 481 cm³/mol. The molecule has 0 bridgehead atoms. The van der Waals surface area contributed by atoms with E-state index in [-0.39, 0.29) is 105 Å². The Morgan fingerprint density at radius 3 is 0.960 bits per heavy atom. The maximum Gasteiger partial charge on any atom is 0.496 e. The maximum absolute atomic E-state index is 14.1. The van der Waals surface area contributed by atoms with Crippen LogP contribution in [0.25, 0.3) is 56.3 Å². The summed E-state index contributed by atoms with van der Waals surface area (Å²) < 4.78 is 400. The Hall–Kier alpha value is -12.5. The molecule has 5 atom stereocenters. The van der Waals surface area contributed by atoms with Gasteiger partial charge in [0, 0.05) is 79.6 Å². The number of nitrogens with zero attached hydrogens (tertiary/aromatic N) is 19. The second-order valence-corrected chi connectivity index (χ2v) is 31.5. The van der Waals surface area contributed by atoms with Crippen molar-refractivity contribution in [3.63, 3.8) is 0 Å². The number of hydrazine groups is 1. The smallest absolute Gasteiger partial charge is 0.463 e. The number of halogens is 34. The van der Waals surface area contributed by atoms with Gasteiger partial charge in [-0.15, -0.1) is 20.4 Å². The number of nitrogens with one attached hydrogen (secondary N) is 3. The molecule has 5 N–H and O–H groups in total. The number of carbonyl (C=O) groups is 2. The highest BCUT2D eigenvalue weighted by molar-refractivity contribution is 9.10. The summed E-state index contributed by atoms with van der Waals surface area (Å²) in [5.74, 6) is -10.8. The SMILES string of the molecule is C.C.C.C.C.COC(F)(F)c1nnc2cnc(-c3cnc(O[C@@H](C)C(F)(F)F)c(F)c3)cn12.C[C@H](Oc1ncc(-c2cn3c(C(F)(F)Cl)nnc3cn2)cc1F)C(F)(F)F.C[C@H](Oc1ncc(-c2cnc(Cl)cn2)cc1F)C(F)(F)F.C[C@H](Oc1ncc(-c2cnc(NN)cn2)cc1F)C(F)(F)F.C[C@H](Oc1ncc(B2OC(C)(C)C(C)(C)O2)cc1F)C(F)(F)F.Clc1cnc(Br)cn1.N=N.O=C(OC(=O)C(F)(F)Cl)C(F)(F)Cl.[HH]. The molecular weight excluding hydrogens is 2260 g/mol. The van der Waals surface area contributed by atoms with E-state index in [9.17, 15) is 133 Å². The molecule has 824 valence electrons. The minimum atomic E-state index is -4.70. The van der Waals surface area contributed by atoms with Crippen molar-refractivity contribution in [2.45, 2.75) is 194 Å². The lowest BCUT2D eigenvalue weighted by Gasteiger charge is -2.32. The minimum Gasteiger partial charge on any atom is -0.463 e. The van der Waals surface area contributed by atoms with Crippen LogP contribution in [-0.4, -0.2) is 204 Å². The van der Waals surface area contributed by atoms with Crippen molar-refractivity contribution in [3.8, 4) is 74.4 Å². The van der Waals surface area contributed by atoms with Crippen molar-refractivity contribution < 1.29 is 176 Å². The van der Waals surface area contributed by atoms with Crippen LogP contribution in [0, 0.1) is 40.1 Å². The maximum atomic E-state index is 14.1. The highest BCUT2D eigenvalue weighted by Crippen LogP contribution is 2.40. The second kappa shape index (κ2) is 54.8. The van der Waals surface area contributed by atoms with Gasteiger partial charge in [0.2, 0.25) is 11.6 Å². The number of ether oxygens (including phenoxy) is 7. The number of carbonyl (C=O) groups excluding carboxylic acids is 2. The Morgan fingerprint density at radius 1 is 0.409 bits per heavy atom. The third kappa shape index (κ3) is 39.1. The van der Waals surface area contributed by atoms with Crippen LogP contribution < -0.4 is 40.4 Å². The molecule has 12 aromatic heterocycles. The Kier molecular flexibility index (Phi) is 49.5. The molecule has 0 aromatic carbocycles. The molecule has 0 aliphatic carbocycles. The molecule has 149 heavy (non-hydrogen) atoms. The predicted octanol–water partition coefficient (Wildman–Crippen LogP) is 23.7. The van der Waals surface area contributed by atoms with Gasteiger partial charge in [0.05, 0.1) is 83.6 Å². The molecule has 13 heterocycles. The molecule has 0 unspecified atom stereocenters. The van der Waals surface area contributed by atoms with E-state index in [2.05, 4.69) is 163 Å². The first kappa shape index (κ1) is 135. The van der Waals surface area contributed by atoms with Crippen molar-refractivity contribution in [2.24, 2.45) is 5.84 Å². The highest BCUT2D eigenvalue weighted by Gasteiger charge is 2.53. The number of hydrogen-bond donors (Lipinski definition) is 4. The van der Waals surface area contributed by atoms with Gasteiger partial charge in [-0.05, 0) is 143 Å². The number of pyridine rings is 5. The fourth-order valence-electron chi connectivity index (χ4n) is 9.31. The Bertz CT molecular complexity index is 6270. The van der Waals surface area contributed by atoms with Crippen LogP contribution in [0.1, 0.15) is 113 Å². The number of fused-ring (bicyclic) bond motifs is 2. The lowest BCUT2D eigenvalue weighted by atomic mass is 9.80. The van der Waals surface area contributed by atoms with E-state index >= 15 is 0 Å². The normalized spacial score (nSPS) is 13.7. The minimum absolute atomic E-state index is 0. The molecule has 34 nitrogen and oxygen atoms in total. The Morgan fingerprint density at radius 2 is 0.698 bits per heavy atom. The number of nitrogens with two attached hydrogens (primary N) is 1. The van der Waals surface area contributed by atoms with E-state index in [1.165, 1.54) is 37.2 Å². The van der Waals surface area contributed by atoms with Crippen LogP contribution in [0.15, 0.2) is 128 Å². The van der Waals surface area contributed by atoms with E-state index in [1.54, 1.807) is 6.20 Å². The number of nitrogen functional groups attached to an aromatic ring is 1. The van der Waals surface area contributed by atoms with E-state index < -0.39 is 184 Å². The molecule has 1 aliphatic heterocycles. The molecule has 13 rings (SSSR count). The van der Waals surface area contributed by atoms with Crippen molar-refractivity contribution >= 4 is 116 Å². The molecule has 0 amide bonds. The van der Waals surface area contributed by atoms with Crippen LogP contribution in [0.4, 0.5) is 129 Å². The number of anilines is 1. The average Bonchev–Trinajstić information content (AvgIpc) is 1.59. The van der Waals surface area contributed by atoms with Crippen molar-refractivity contribution in [1.82, 2.24) is 94.0 Å². The number of hydrogen-bond acceptors (Lipinski definition) is 32. The van der Waals surface area contributed by atoms with Gasteiger partial charge < -0.3 is 47.9 Å². The molecule has 69 heteroatoms. The molecular formula is C80H82BBrCl5F28N23O11. The molecule has 1 fully saturated rings. The monoisotopic (exact) mass is 2340 g/mol. The van der Waals surface area contributed by atoms with E-state index in [1.807, 2.05) is 27.7 Å². The zero-order valence-electron chi connectivity index (χ0n) is 72.9.